The largest absolute Gasteiger partial charge is 0.467 e. The Morgan fingerprint density at radius 3 is 2.65 bits per heavy atom. The summed E-state index contributed by atoms with van der Waals surface area (Å²) in [5.74, 6) is 0.142. The number of hydrogen-bond acceptors (Lipinski definition) is 4. The van der Waals surface area contributed by atoms with Crippen LogP contribution in [0.5, 0.6) is 0 Å². The molecule has 0 radical (unpaired) electrons. The van der Waals surface area contributed by atoms with Crippen molar-refractivity contribution in [3.05, 3.63) is 72.1 Å². The lowest BCUT2D eigenvalue weighted by molar-refractivity contribution is 0.0875. The highest BCUT2D eigenvalue weighted by Gasteiger charge is 2.15. The molecule has 2 heterocycles. The van der Waals surface area contributed by atoms with Crippen LogP contribution < -0.4 is 5.32 Å². The van der Waals surface area contributed by atoms with Gasteiger partial charge in [-0.25, -0.2) is 4.39 Å². The Hall–Kier alpha value is -2.86. The first kappa shape index (κ1) is 15.1. The number of furan rings is 2. The van der Waals surface area contributed by atoms with Crippen molar-refractivity contribution in [2.45, 2.75) is 6.10 Å². The van der Waals surface area contributed by atoms with Gasteiger partial charge in [-0.15, -0.1) is 0 Å². The highest BCUT2D eigenvalue weighted by atomic mass is 19.1. The Morgan fingerprint density at radius 2 is 1.96 bits per heavy atom. The molecule has 1 amide bonds. The van der Waals surface area contributed by atoms with Crippen LogP contribution in [-0.4, -0.2) is 17.6 Å². The molecule has 0 fully saturated rings. The summed E-state index contributed by atoms with van der Waals surface area (Å²) in [6.07, 6.45) is 0.516. The normalized spacial score (nSPS) is 12.1. The number of amides is 1. The lowest BCUT2D eigenvalue weighted by atomic mass is 10.2. The number of carbonyl (C=O) groups excluding carboxylic acids is 1. The molecule has 2 aromatic heterocycles. The summed E-state index contributed by atoms with van der Waals surface area (Å²) in [7, 11) is 0. The topological polar surface area (TPSA) is 75.6 Å². The smallest absolute Gasteiger partial charge is 0.287 e. The molecule has 1 atom stereocenters. The van der Waals surface area contributed by atoms with Crippen LogP contribution in [0, 0.1) is 5.82 Å². The fourth-order valence-electron chi connectivity index (χ4n) is 2.09. The van der Waals surface area contributed by atoms with Crippen molar-refractivity contribution in [3.63, 3.8) is 0 Å². The first-order valence-corrected chi connectivity index (χ1v) is 6.99. The van der Waals surface area contributed by atoms with Crippen molar-refractivity contribution in [1.29, 1.82) is 0 Å². The zero-order chi connectivity index (χ0) is 16.2. The van der Waals surface area contributed by atoms with Crippen LogP contribution in [0.4, 0.5) is 4.39 Å². The number of aliphatic hydroxyl groups is 1. The lowest BCUT2D eigenvalue weighted by Gasteiger charge is -2.08. The Bertz CT molecular complexity index is 777. The van der Waals surface area contributed by atoms with Gasteiger partial charge in [0.1, 0.15) is 23.4 Å². The van der Waals surface area contributed by atoms with E-state index in [1.54, 1.807) is 30.3 Å². The molecule has 0 aliphatic heterocycles. The monoisotopic (exact) mass is 315 g/mol. The number of aliphatic hydroxyl groups excluding tert-OH is 1. The molecule has 0 aliphatic rings. The van der Waals surface area contributed by atoms with Crippen molar-refractivity contribution in [2.24, 2.45) is 0 Å². The first-order chi connectivity index (χ1) is 11.1. The molecule has 0 saturated carbocycles. The molecule has 0 saturated heterocycles. The van der Waals surface area contributed by atoms with E-state index in [4.69, 9.17) is 8.83 Å². The van der Waals surface area contributed by atoms with Crippen molar-refractivity contribution >= 4 is 5.91 Å². The van der Waals surface area contributed by atoms with Gasteiger partial charge in [0.05, 0.1) is 12.8 Å². The van der Waals surface area contributed by atoms with E-state index in [0.29, 0.717) is 17.1 Å². The van der Waals surface area contributed by atoms with Crippen LogP contribution >= 0.6 is 0 Å². The number of nitrogens with one attached hydrogen (secondary N) is 1. The maximum Gasteiger partial charge on any atom is 0.287 e. The molecule has 118 valence electrons. The standard InChI is InChI=1S/C17H14FNO4/c18-12-5-3-11(4-6-12)14-7-8-16(23-14)17(21)19-10-13(20)15-2-1-9-22-15/h1-9,13,20H,10H2,(H,19,21). The minimum Gasteiger partial charge on any atom is -0.467 e. The highest BCUT2D eigenvalue weighted by Crippen LogP contribution is 2.22. The third-order valence-electron chi connectivity index (χ3n) is 3.29. The van der Waals surface area contributed by atoms with Gasteiger partial charge in [0, 0.05) is 5.56 Å². The SMILES string of the molecule is O=C(NCC(O)c1ccco1)c1ccc(-c2ccc(F)cc2)o1. The van der Waals surface area contributed by atoms with E-state index < -0.39 is 12.0 Å². The van der Waals surface area contributed by atoms with E-state index in [0.717, 1.165) is 0 Å². The second-order valence-corrected chi connectivity index (χ2v) is 4.91. The summed E-state index contributed by atoms with van der Waals surface area (Å²) in [4.78, 5) is 12.0. The molecular formula is C17H14FNO4. The van der Waals surface area contributed by atoms with E-state index in [-0.39, 0.29) is 18.1 Å². The van der Waals surface area contributed by atoms with Gasteiger partial charge in [-0.2, -0.15) is 0 Å². The van der Waals surface area contributed by atoms with Gasteiger partial charge in [0.25, 0.3) is 5.91 Å². The van der Waals surface area contributed by atoms with Crippen LogP contribution in [0.1, 0.15) is 22.4 Å². The van der Waals surface area contributed by atoms with Gasteiger partial charge < -0.3 is 19.3 Å². The first-order valence-electron chi connectivity index (χ1n) is 6.99. The highest BCUT2D eigenvalue weighted by molar-refractivity contribution is 5.92. The average molecular weight is 315 g/mol. The second kappa shape index (κ2) is 6.50. The Morgan fingerprint density at radius 1 is 1.17 bits per heavy atom. The zero-order valence-electron chi connectivity index (χ0n) is 12.0. The number of halogens is 1. The molecule has 23 heavy (non-hydrogen) atoms. The number of benzene rings is 1. The van der Waals surface area contributed by atoms with E-state index in [1.807, 2.05) is 0 Å². The van der Waals surface area contributed by atoms with Crippen LogP contribution in [0.3, 0.4) is 0 Å². The van der Waals surface area contributed by atoms with Gasteiger partial charge >= 0.3 is 0 Å². The van der Waals surface area contributed by atoms with E-state index in [9.17, 15) is 14.3 Å². The summed E-state index contributed by atoms with van der Waals surface area (Å²) in [5.41, 5.74) is 0.668. The van der Waals surface area contributed by atoms with Gasteiger partial charge in [-0.1, -0.05) is 0 Å². The predicted octanol–water partition coefficient (Wildman–Crippen LogP) is 3.14. The Kier molecular flexibility index (Phi) is 4.25. The molecule has 3 aromatic rings. The third-order valence-corrected chi connectivity index (χ3v) is 3.29. The molecule has 1 unspecified atom stereocenters. The lowest BCUT2D eigenvalue weighted by Crippen LogP contribution is -2.27. The molecule has 0 spiro atoms. The summed E-state index contributed by atoms with van der Waals surface area (Å²) >= 11 is 0. The maximum absolute atomic E-state index is 12.9. The fraction of sp³-hybridized carbons (Fsp3) is 0.118. The zero-order valence-corrected chi connectivity index (χ0v) is 12.0. The van der Waals surface area contributed by atoms with E-state index in [1.165, 1.54) is 24.5 Å². The van der Waals surface area contributed by atoms with E-state index in [2.05, 4.69) is 5.32 Å². The molecule has 3 rings (SSSR count). The number of carbonyl (C=O) groups is 1. The molecule has 2 N–H and O–H groups in total. The molecule has 5 nitrogen and oxygen atoms in total. The van der Waals surface area contributed by atoms with E-state index >= 15 is 0 Å². The predicted molar refractivity (Wildman–Crippen MR) is 80.1 cm³/mol. The molecule has 6 heteroatoms. The van der Waals surface area contributed by atoms with Crippen molar-refractivity contribution in [2.75, 3.05) is 6.54 Å². The van der Waals surface area contributed by atoms with Gasteiger partial charge in [-0.3, -0.25) is 4.79 Å². The summed E-state index contributed by atoms with van der Waals surface area (Å²) in [6.45, 7) is -0.00106. The summed E-state index contributed by atoms with van der Waals surface area (Å²) in [6, 6.07) is 12.2. The molecular weight excluding hydrogens is 301 g/mol. The summed E-state index contributed by atoms with van der Waals surface area (Å²) < 4.78 is 23.4. The molecule has 0 aliphatic carbocycles. The van der Waals surface area contributed by atoms with Crippen molar-refractivity contribution < 1.29 is 23.1 Å². The van der Waals surface area contributed by atoms with Gasteiger partial charge in [0.2, 0.25) is 0 Å². The van der Waals surface area contributed by atoms with Crippen molar-refractivity contribution in [3.8, 4) is 11.3 Å². The Balaban J connectivity index is 1.63. The Labute approximate surface area is 131 Å². The average Bonchev–Trinajstić information content (AvgIpc) is 3.24. The fourth-order valence-corrected chi connectivity index (χ4v) is 2.09. The molecule has 0 bridgehead atoms. The van der Waals surface area contributed by atoms with Crippen LogP contribution in [0.25, 0.3) is 11.3 Å². The third kappa shape index (κ3) is 3.49. The molecule has 1 aromatic carbocycles. The second-order valence-electron chi connectivity index (χ2n) is 4.91. The van der Waals surface area contributed by atoms with Crippen LogP contribution in [0.15, 0.2) is 63.6 Å². The quantitative estimate of drug-likeness (QED) is 0.758. The van der Waals surface area contributed by atoms with Crippen molar-refractivity contribution in [1.82, 2.24) is 5.32 Å². The number of rotatable bonds is 5. The van der Waals surface area contributed by atoms with Crippen LogP contribution in [0.2, 0.25) is 0 Å². The van der Waals surface area contributed by atoms with Crippen LogP contribution in [-0.2, 0) is 0 Å². The summed E-state index contributed by atoms with van der Waals surface area (Å²) in [5, 5.41) is 12.4. The minimum atomic E-state index is -0.930. The number of hydrogen-bond donors (Lipinski definition) is 2. The maximum atomic E-state index is 12.9. The van der Waals surface area contributed by atoms with Gasteiger partial charge in [-0.05, 0) is 48.5 Å². The van der Waals surface area contributed by atoms with Gasteiger partial charge in [0.15, 0.2) is 5.76 Å². The minimum absolute atomic E-state index is 0.00106.